The van der Waals surface area contributed by atoms with Gasteiger partial charge in [0.05, 0.1) is 13.7 Å². The first-order chi connectivity index (χ1) is 8.69. The molecule has 0 unspecified atom stereocenters. The van der Waals surface area contributed by atoms with Crippen LogP contribution in [0.15, 0.2) is 36.4 Å². The summed E-state index contributed by atoms with van der Waals surface area (Å²) in [6.45, 7) is 2.63. The topological polar surface area (TPSA) is 38.3 Å². The molecule has 1 aromatic carbocycles. The van der Waals surface area contributed by atoms with Crippen LogP contribution in [0.25, 0.3) is 0 Å². The molecule has 2 aromatic rings. The number of aryl methyl sites for hydroxylation is 1. The molecule has 1 amide bonds. The summed E-state index contributed by atoms with van der Waals surface area (Å²) in [5, 5.41) is 2.90. The summed E-state index contributed by atoms with van der Waals surface area (Å²) >= 11 is 1.70. The molecule has 1 aromatic heterocycles. The van der Waals surface area contributed by atoms with E-state index in [1.807, 2.05) is 6.07 Å². The molecule has 0 aliphatic carbocycles. The number of nitrogens with one attached hydrogen (secondary N) is 1. The third-order valence-corrected chi connectivity index (χ3v) is 3.57. The van der Waals surface area contributed by atoms with E-state index in [1.165, 1.54) is 4.88 Å². The van der Waals surface area contributed by atoms with Crippen LogP contribution in [0.2, 0.25) is 0 Å². The van der Waals surface area contributed by atoms with Crippen molar-refractivity contribution in [3.05, 3.63) is 51.7 Å². The average molecular weight is 261 g/mol. The zero-order valence-electron chi connectivity index (χ0n) is 10.4. The summed E-state index contributed by atoms with van der Waals surface area (Å²) in [6, 6.07) is 11.2. The molecule has 0 saturated heterocycles. The highest BCUT2D eigenvalue weighted by atomic mass is 32.1. The molecular weight excluding hydrogens is 246 g/mol. The van der Waals surface area contributed by atoms with Gasteiger partial charge in [-0.25, -0.2) is 0 Å². The zero-order chi connectivity index (χ0) is 13.0. The maximum Gasteiger partial charge on any atom is 0.251 e. The Morgan fingerprint density at radius 1 is 1.22 bits per heavy atom. The number of benzene rings is 1. The molecule has 0 bridgehead atoms. The van der Waals surface area contributed by atoms with Crippen molar-refractivity contribution >= 4 is 17.2 Å². The van der Waals surface area contributed by atoms with Gasteiger partial charge < -0.3 is 10.1 Å². The Bertz CT molecular complexity index is 531. The Morgan fingerprint density at radius 2 is 1.94 bits per heavy atom. The molecule has 94 valence electrons. The average Bonchev–Trinajstić information content (AvgIpc) is 2.82. The van der Waals surface area contributed by atoms with E-state index in [-0.39, 0.29) is 5.91 Å². The van der Waals surface area contributed by atoms with E-state index in [1.54, 1.807) is 42.7 Å². The van der Waals surface area contributed by atoms with Crippen molar-refractivity contribution in [2.45, 2.75) is 13.5 Å². The van der Waals surface area contributed by atoms with E-state index >= 15 is 0 Å². The second-order valence-corrected chi connectivity index (χ2v) is 5.30. The number of carbonyl (C=O) groups excluding carboxylic acids is 1. The predicted octanol–water partition coefficient (Wildman–Crippen LogP) is 3.00. The van der Waals surface area contributed by atoms with Crippen LogP contribution in [-0.2, 0) is 6.54 Å². The lowest BCUT2D eigenvalue weighted by molar-refractivity contribution is 0.0951. The lowest BCUT2D eigenvalue weighted by atomic mass is 10.2. The summed E-state index contributed by atoms with van der Waals surface area (Å²) in [6.07, 6.45) is 0. The van der Waals surface area contributed by atoms with Crippen LogP contribution in [0.3, 0.4) is 0 Å². The molecule has 0 spiro atoms. The van der Waals surface area contributed by atoms with Gasteiger partial charge in [-0.2, -0.15) is 0 Å². The molecule has 1 N–H and O–H groups in total. The Kier molecular flexibility index (Phi) is 3.99. The summed E-state index contributed by atoms with van der Waals surface area (Å²) in [7, 11) is 1.61. The fourth-order valence-corrected chi connectivity index (χ4v) is 2.42. The molecule has 0 aliphatic rings. The molecule has 2 rings (SSSR count). The van der Waals surface area contributed by atoms with Crippen molar-refractivity contribution < 1.29 is 9.53 Å². The molecule has 0 fully saturated rings. The minimum Gasteiger partial charge on any atom is -0.497 e. The number of hydrogen-bond acceptors (Lipinski definition) is 3. The van der Waals surface area contributed by atoms with Gasteiger partial charge in [0.1, 0.15) is 5.75 Å². The third kappa shape index (κ3) is 3.11. The fraction of sp³-hybridized carbons (Fsp3) is 0.214. The molecule has 0 atom stereocenters. The van der Waals surface area contributed by atoms with E-state index in [9.17, 15) is 4.79 Å². The van der Waals surface area contributed by atoms with Gasteiger partial charge in [0.2, 0.25) is 0 Å². The summed E-state index contributed by atoms with van der Waals surface area (Å²) in [4.78, 5) is 14.3. The van der Waals surface area contributed by atoms with Crippen LogP contribution in [0.5, 0.6) is 5.75 Å². The maximum absolute atomic E-state index is 11.9. The number of methoxy groups -OCH3 is 1. The highest BCUT2D eigenvalue weighted by molar-refractivity contribution is 7.11. The second kappa shape index (κ2) is 5.69. The van der Waals surface area contributed by atoms with E-state index in [4.69, 9.17) is 4.74 Å². The van der Waals surface area contributed by atoms with Crippen LogP contribution >= 0.6 is 11.3 Å². The van der Waals surface area contributed by atoms with Crippen molar-refractivity contribution in [2.75, 3.05) is 7.11 Å². The summed E-state index contributed by atoms with van der Waals surface area (Å²) in [5.41, 5.74) is 0.643. The van der Waals surface area contributed by atoms with Crippen LogP contribution < -0.4 is 10.1 Å². The van der Waals surface area contributed by atoms with Gasteiger partial charge in [0.15, 0.2) is 0 Å². The standard InChI is InChI=1S/C14H15NO2S/c1-10-3-8-13(18-10)9-15-14(16)11-4-6-12(17-2)7-5-11/h3-8H,9H2,1-2H3,(H,15,16). The third-order valence-electron chi connectivity index (χ3n) is 2.57. The minimum absolute atomic E-state index is 0.0660. The van der Waals surface area contributed by atoms with Gasteiger partial charge in [0.25, 0.3) is 5.91 Å². The SMILES string of the molecule is COc1ccc(C(=O)NCc2ccc(C)s2)cc1. The Labute approximate surface area is 110 Å². The van der Waals surface area contributed by atoms with E-state index in [0.29, 0.717) is 12.1 Å². The van der Waals surface area contributed by atoms with Crippen molar-refractivity contribution in [1.82, 2.24) is 5.32 Å². The lowest BCUT2D eigenvalue weighted by Gasteiger charge is -2.04. The van der Waals surface area contributed by atoms with Gasteiger partial charge in [-0.15, -0.1) is 11.3 Å². The van der Waals surface area contributed by atoms with Crippen LogP contribution in [-0.4, -0.2) is 13.0 Å². The molecule has 0 saturated carbocycles. The Balaban J connectivity index is 1.94. The van der Waals surface area contributed by atoms with Crippen molar-refractivity contribution in [3.8, 4) is 5.75 Å². The van der Waals surface area contributed by atoms with E-state index < -0.39 is 0 Å². The number of amides is 1. The van der Waals surface area contributed by atoms with Gasteiger partial charge >= 0.3 is 0 Å². The zero-order valence-corrected chi connectivity index (χ0v) is 11.2. The van der Waals surface area contributed by atoms with Gasteiger partial charge in [-0.05, 0) is 43.3 Å². The molecular formula is C14H15NO2S. The quantitative estimate of drug-likeness (QED) is 0.918. The first-order valence-electron chi connectivity index (χ1n) is 5.66. The van der Waals surface area contributed by atoms with Crippen LogP contribution in [0.4, 0.5) is 0 Å². The van der Waals surface area contributed by atoms with E-state index in [0.717, 1.165) is 10.6 Å². The highest BCUT2D eigenvalue weighted by Gasteiger charge is 2.05. The summed E-state index contributed by atoms with van der Waals surface area (Å²) in [5.74, 6) is 0.684. The Morgan fingerprint density at radius 3 is 2.50 bits per heavy atom. The molecule has 3 nitrogen and oxygen atoms in total. The van der Waals surface area contributed by atoms with Gasteiger partial charge in [-0.1, -0.05) is 0 Å². The monoisotopic (exact) mass is 261 g/mol. The molecule has 1 heterocycles. The molecule has 0 radical (unpaired) electrons. The lowest BCUT2D eigenvalue weighted by Crippen LogP contribution is -2.22. The number of carbonyl (C=O) groups is 1. The second-order valence-electron chi connectivity index (χ2n) is 3.92. The smallest absolute Gasteiger partial charge is 0.251 e. The van der Waals surface area contributed by atoms with Gasteiger partial charge in [0, 0.05) is 15.3 Å². The predicted molar refractivity (Wildman–Crippen MR) is 73.2 cm³/mol. The first kappa shape index (κ1) is 12.6. The fourth-order valence-electron chi connectivity index (χ4n) is 1.59. The summed E-state index contributed by atoms with van der Waals surface area (Å²) < 4.78 is 5.05. The molecule has 18 heavy (non-hydrogen) atoms. The maximum atomic E-state index is 11.9. The number of hydrogen-bond donors (Lipinski definition) is 1. The minimum atomic E-state index is -0.0660. The number of thiophene rings is 1. The van der Waals surface area contributed by atoms with Crippen LogP contribution in [0.1, 0.15) is 20.1 Å². The number of rotatable bonds is 4. The van der Waals surface area contributed by atoms with Crippen molar-refractivity contribution in [3.63, 3.8) is 0 Å². The van der Waals surface area contributed by atoms with Gasteiger partial charge in [-0.3, -0.25) is 4.79 Å². The first-order valence-corrected chi connectivity index (χ1v) is 6.48. The Hall–Kier alpha value is -1.81. The highest BCUT2D eigenvalue weighted by Crippen LogP contribution is 2.15. The largest absolute Gasteiger partial charge is 0.497 e. The van der Waals surface area contributed by atoms with Crippen molar-refractivity contribution in [2.24, 2.45) is 0 Å². The normalized spacial score (nSPS) is 10.1. The van der Waals surface area contributed by atoms with Crippen LogP contribution in [0, 0.1) is 6.92 Å². The molecule has 4 heteroatoms. The molecule has 0 aliphatic heterocycles. The van der Waals surface area contributed by atoms with Crippen molar-refractivity contribution in [1.29, 1.82) is 0 Å². The number of ether oxygens (including phenoxy) is 1. The van der Waals surface area contributed by atoms with E-state index in [2.05, 4.69) is 18.3 Å².